The zero-order valence-corrected chi connectivity index (χ0v) is 12.7. The molecule has 1 fully saturated rings. The summed E-state index contributed by atoms with van der Waals surface area (Å²) in [6, 6.07) is 7.31. The van der Waals surface area contributed by atoms with E-state index < -0.39 is 41.6 Å². The monoisotopic (exact) mass is 321 g/mol. The lowest BCUT2D eigenvalue weighted by molar-refractivity contribution is -0.160. The predicted molar refractivity (Wildman–Crippen MR) is 77.1 cm³/mol. The van der Waals surface area contributed by atoms with Crippen molar-refractivity contribution in [2.24, 2.45) is 5.92 Å². The zero-order chi connectivity index (χ0) is 17.2. The lowest BCUT2D eigenvalue weighted by Crippen LogP contribution is -2.52. The van der Waals surface area contributed by atoms with E-state index in [9.17, 15) is 19.2 Å². The fourth-order valence-electron chi connectivity index (χ4n) is 2.50. The van der Waals surface area contributed by atoms with Gasteiger partial charge < -0.3 is 4.74 Å². The number of esters is 1. The number of carbonyl (C=O) groups is 4. The van der Waals surface area contributed by atoms with Crippen molar-refractivity contribution < 1.29 is 28.3 Å². The van der Waals surface area contributed by atoms with Crippen molar-refractivity contribution in [3.63, 3.8) is 0 Å². The van der Waals surface area contributed by atoms with Crippen molar-refractivity contribution in [3.05, 3.63) is 35.9 Å². The van der Waals surface area contributed by atoms with E-state index in [1.54, 1.807) is 6.07 Å². The van der Waals surface area contributed by atoms with Crippen molar-refractivity contribution in [2.75, 3.05) is 13.7 Å². The Morgan fingerprint density at radius 3 is 2.39 bits per heavy atom. The summed E-state index contributed by atoms with van der Waals surface area (Å²) in [7, 11) is 1.18. The summed E-state index contributed by atoms with van der Waals surface area (Å²) in [5, 5.41) is 0. The van der Waals surface area contributed by atoms with E-state index >= 15 is 4.39 Å². The Balaban J connectivity index is 2.49. The van der Waals surface area contributed by atoms with Crippen LogP contribution in [0.3, 0.4) is 0 Å². The molecule has 1 aromatic carbocycles. The topological polar surface area (TPSA) is 80.8 Å². The van der Waals surface area contributed by atoms with Gasteiger partial charge in [0.15, 0.2) is 0 Å². The molecule has 0 aromatic heterocycles. The van der Waals surface area contributed by atoms with Crippen LogP contribution in [0.25, 0.3) is 0 Å². The first-order chi connectivity index (χ1) is 10.8. The van der Waals surface area contributed by atoms with Gasteiger partial charge in [0, 0.05) is 19.0 Å². The average molecular weight is 321 g/mol. The van der Waals surface area contributed by atoms with Crippen molar-refractivity contribution in [1.82, 2.24) is 4.90 Å². The van der Waals surface area contributed by atoms with E-state index in [2.05, 4.69) is 4.74 Å². The molecular formula is C16H16FNO5. The predicted octanol–water partition coefficient (Wildman–Crippen LogP) is 1.15. The summed E-state index contributed by atoms with van der Waals surface area (Å²) < 4.78 is 20.2. The lowest BCUT2D eigenvalue weighted by atomic mass is 9.81. The molecule has 0 radical (unpaired) electrons. The van der Waals surface area contributed by atoms with Gasteiger partial charge >= 0.3 is 5.97 Å². The summed E-state index contributed by atoms with van der Waals surface area (Å²) in [5.41, 5.74) is -3.30. The lowest BCUT2D eigenvalue weighted by Gasteiger charge is -2.26. The van der Waals surface area contributed by atoms with E-state index in [1.165, 1.54) is 38.2 Å². The normalized spacial score (nSPS) is 20.3. The summed E-state index contributed by atoms with van der Waals surface area (Å²) in [6.45, 7) is 1.30. The summed E-state index contributed by atoms with van der Waals surface area (Å²) in [5.74, 6) is -5.90. The number of Topliss-reactive ketones (excluding diaryl/α,β-unsaturated/α-hetero) is 1. The summed E-state index contributed by atoms with van der Waals surface area (Å²) in [4.78, 5) is 49.2. The third-order valence-corrected chi connectivity index (χ3v) is 3.80. The van der Waals surface area contributed by atoms with Crippen LogP contribution in [0.4, 0.5) is 4.39 Å². The van der Waals surface area contributed by atoms with Gasteiger partial charge in [-0.2, -0.15) is 0 Å². The molecule has 1 aliphatic rings. The SMILES string of the molecule is CCOC(=O)[C@](F)(C(=O)c1ccccc1)[C@H]1CC(=O)N(C)C1=O. The van der Waals surface area contributed by atoms with Crippen LogP contribution >= 0.6 is 0 Å². The van der Waals surface area contributed by atoms with Crippen LogP contribution in [0.15, 0.2) is 30.3 Å². The third-order valence-electron chi connectivity index (χ3n) is 3.80. The molecule has 6 nitrogen and oxygen atoms in total. The maximum absolute atomic E-state index is 15.5. The van der Waals surface area contributed by atoms with E-state index in [0.717, 1.165) is 4.90 Å². The van der Waals surface area contributed by atoms with Gasteiger partial charge in [0.2, 0.25) is 17.6 Å². The molecule has 0 spiro atoms. The van der Waals surface area contributed by atoms with Crippen molar-refractivity contribution in [1.29, 1.82) is 0 Å². The first-order valence-electron chi connectivity index (χ1n) is 7.10. The maximum Gasteiger partial charge on any atom is 0.353 e. The van der Waals surface area contributed by atoms with Crippen LogP contribution in [-0.2, 0) is 19.1 Å². The molecule has 2 amide bonds. The van der Waals surface area contributed by atoms with Gasteiger partial charge in [0.05, 0.1) is 6.61 Å². The van der Waals surface area contributed by atoms with Crippen LogP contribution in [-0.4, -0.2) is 47.8 Å². The molecule has 7 heteroatoms. The quantitative estimate of drug-likeness (QED) is 0.352. The second kappa shape index (κ2) is 6.28. The molecule has 0 saturated carbocycles. The minimum Gasteiger partial charge on any atom is -0.463 e. The fraction of sp³-hybridized carbons (Fsp3) is 0.375. The smallest absolute Gasteiger partial charge is 0.353 e. The number of ether oxygens (including phenoxy) is 1. The van der Waals surface area contributed by atoms with Gasteiger partial charge in [-0.05, 0) is 6.92 Å². The van der Waals surface area contributed by atoms with Crippen LogP contribution in [0, 0.1) is 5.92 Å². The number of hydrogen-bond acceptors (Lipinski definition) is 5. The molecule has 1 aromatic rings. The molecule has 0 bridgehead atoms. The fourth-order valence-corrected chi connectivity index (χ4v) is 2.50. The first-order valence-corrected chi connectivity index (χ1v) is 7.10. The Hall–Kier alpha value is -2.57. The highest BCUT2D eigenvalue weighted by Crippen LogP contribution is 2.36. The zero-order valence-electron chi connectivity index (χ0n) is 12.7. The summed E-state index contributed by atoms with van der Waals surface area (Å²) in [6.07, 6.45) is -0.552. The minimum atomic E-state index is -3.23. The van der Waals surface area contributed by atoms with E-state index in [4.69, 9.17) is 0 Å². The Kier molecular flexibility index (Phi) is 4.58. The number of ketones is 1. The van der Waals surface area contributed by atoms with Gasteiger partial charge in [-0.1, -0.05) is 30.3 Å². The van der Waals surface area contributed by atoms with E-state index in [1.807, 2.05) is 0 Å². The van der Waals surface area contributed by atoms with Crippen LogP contribution in [0.2, 0.25) is 0 Å². The highest BCUT2D eigenvalue weighted by atomic mass is 19.1. The van der Waals surface area contributed by atoms with Gasteiger partial charge in [-0.3, -0.25) is 19.3 Å². The van der Waals surface area contributed by atoms with Gasteiger partial charge in [-0.25, -0.2) is 9.18 Å². The Labute approximate surface area is 132 Å². The molecule has 1 heterocycles. The second-order valence-electron chi connectivity index (χ2n) is 5.18. The van der Waals surface area contributed by atoms with Gasteiger partial charge in [0.25, 0.3) is 5.67 Å². The molecule has 2 rings (SSSR count). The molecular weight excluding hydrogens is 305 g/mol. The highest BCUT2D eigenvalue weighted by molar-refractivity contribution is 6.20. The molecule has 0 N–H and O–H groups in total. The van der Waals surface area contributed by atoms with Crippen LogP contribution < -0.4 is 0 Å². The molecule has 0 aliphatic carbocycles. The molecule has 1 aliphatic heterocycles. The number of alkyl halides is 1. The molecule has 23 heavy (non-hydrogen) atoms. The first kappa shape index (κ1) is 16.8. The number of benzene rings is 1. The van der Waals surface area contributed by atoms with Crippen LogP contribution in [0.1, 0.15) is 23.7 Å². The Morgan fingerprint density at radius 2 is 1.91 bits per heavy atom. The van der Waals surface area contributed by atoms with Gasteiger partial charge in [0.1, 0.15) is 5.92 Å². The number of carbonyl (C=O) groups excluding carboxylic acids is 4. The van der Waals surface area contributed by atoms with Crippen molar-refractivity contribution >= 4 is 23.6 Å². The molecule has 122 valence electrons. The Morgan fingerprint density at radius 1 is 1.30 bits per heavy atom. The number of likely N-dealkylation sites (tertiary alicyclic amines) is 1. The number of hydrogen-bond donors (Lipinski definition) is 0. The van der Waals surface area contributed by atoms with E-state index in [-0.39, 0.29) is 12.2 Å². The number of nitrogens with zero attached hydrogens (tertiary/aromatic N) is 1. The largest absolute Gasteiger partial charge is 0.463 e. The number of imide groups is 1. The van der Waals surface area contributed by atoms with E-state index in [0.29, 0.717) is 0 Å². The molecule has 1 saturated heterocycles. The number of rotatable bonds is 5. The maximum atomic E-state index is 15.5. The highest BCUT2D eigenvalue weighted by Gasteiger charge is 2.61. The number of halogens is 1. The standard InChI is InChI=1S/C16H16FNO5/c1-3-23-15(22)16(17,11-9-12(19)18(2)14(11)21)13(20)10-7-5-4-6-8-10/h4-8,11H,3,9H2,1-2H3/t11-,16+/m0/s1. The molecule has 2 atom stereocenters. The van der Waals surface area contributed by atoms with Crippen LogP contribution in [0.5, 0.6) is 0 Å². The minimum absolute atomic E-state index is 0.0714. The Bertz CT molecular complexity index is 660. The van der Waals surface area contributed by atoms with Gasteiger partial charge in [-0.15, -0.1) is 0 Å². The number of amides is 2. The summed E-state index contributed by atoms with van der Waals surface area (Å²) >= 11 is 0. The van der Waals surface area contributed by atoms with Crippen molar-refractivity contribution in [3.8, 4) is 0 Å². The third kappa shape index (κ3) is 2.74. The van der Waals surface area contributed by atoms with Crippen molar-refractivity contribution in [2.45, 2.75) is 19.0 Å². The molecule has 0 unspecified atom stereocenters. The second-order valence-corrected chi connectivity index (χ2v) is 5.18. The average Bonchev–Trinajstić information content (AvgIpc) is 2.82.